The lowest BCUT2D eigenvalue weighted by Gasteiger charge is -2.14. The molecule has 3 rings (SSSR count). The molecule has 1 amide bonds. The Labute approximate surface area is 170 Å². The lowest BCUT2D eigenvalue weighted by atomic mass is 10.2. The van der Waals surface area contributed by atoms with Crippen LogP contribution in [0.15, 0.2) is 78.0 Å². The number of para-hydroxylation sites is 2. The van der Waals surface area contributed by atoms with E-state index in [1.807, 2.05) is 24.3 Å². The first-order valence-corrected chi connectivity index (χ1v) is 9.61. The van der Waals surface area contributed by atoms with Crippen molar-refractivity contribution in [1.82, 2.24) is 4.98 Å². The molecular formula is C21H17F3N2O2S. The van der Waals surface area contributed by atoms with Gasteiger partial charge >= 0.3 is 6.18 Å². The van der Waals surface area contributed by atoms with Gasteiger partial charge in [-0.1, -0.05) is 18.2 Å². The molecule has 29 heavy (non-hydrogen) atoms. The summed E-state index contributed by atoms with van der Waals surface area (Å²) < 4.78 is 42.0. The van der Waals surface area contributed by atoms with E-state index >= 15 is 0 Å². The van der Waals surface area contributed by atoms with Gasteiger partial charge in [-0.15, -0.1) is 11.8 Å². The van der Waals surface area contributed by atoms with E-state index < -0.39 is 18.7 Å². The van der Waals surface area contributed by atoms with Crippen LogP contribution in [0.5, 0.6) is 5.75 Å². The van der Waals surface area contributed by atoms with Crippen molar-refractivity contribution < 1.29 is 22.7 Å². The van der Waals surface area contributed by atoms with Crippen molar-refractivity contribution in [3.63, 3.8) is 0 Å². The zero-order valence-corrected chi connectivity index (χ0v) is 16.0. The zero-order chi connectivity index (χ0) is 20.7. The molecular weight excluding hydrogens is 401 g/mol. The highest BCUT2D eigenvalue weighted by Gasteiger charge is 2.28. The number of amides is 1. The van der Waals surface area contributed by atoms with E-state index in [4.69, 9.17) is 4.74 Å². The number of aromatic nitrogens is 1. The summed E-state index contributed by atoms with van der Waals surface area (Å²) in [5.74, 6) is 0.280. The van der Waals surface area contributed by atoms with Crippen molar-refractivity contribution in [3.05, 3.63) is 84.2 Å². The van der Waals surface area contributed by atoms with Crippen molar-refractivity contribution >= 4 is 23.4 Å². The molecule has 0 saturated heterocycles. The highest BCUT2D eigenvalue weighted by atomic mass is 32.2. The molecule has 0 aliphatic heterocycles. The summed E-state index contributed by atoms with van der Waals surface area (Å²) in [5, 5.41) is 2.59. The van der Waals surface area contributed by atoms with E-state index in [1.54, 1.807) is 42.4 Å². The summed E-state index contributed by atoms with van der Waals surface area (Å²) in [6, 6.07) is 16.8. The average molecular weight is 418 g/mol. The highest BCUT2D eigenvalue weighted by Crippen LogP contribution is 2.27. The number of thioether (sulfide) groups is 1. The third-order valence-corrected chi connectivity index (χ3v) is 4.85. The quantitative estimate of drug-likeness (QED) is 0.510. The number of rotatable bonds is 7. The largest absolute Gasteiger partial charge is 0.482 e. The van der Waals surface area contributed by atoms with Crippen LogP contribution < -0.4 is 10.1 Å². The molecule has 4 nitrogen and oxygen atoms in total. The molecule has 0 bridgehead atoms. The highest BCUT2D eigenvalue weighted by molar-refractivity contribution is 7.98. The first-order chi connectivity index (χ1) is 13.9. The van der Waals surface area contributed by atoms with Crippen LogP contribution >= 0.6 is 11.8 Å². The number of halogens is 3. The van der Waals surface area contributed by atoms with E-state index in [9.17, 15) is 18.0 Å². The fraction of sp³-hybridized carbons (Fsp3) is 0.143. The van der Waals surface area contributed by atoms with Crippen LogP contribution in [-0.4, -0.2) is 23.7 Å². The Bertz CT molecular complexity index is 948. The fourth-order valence-corrected chi connectivity index (χ4v) is 3.24. The first-order valence-electron chi connectivity index (χ1n) is 8.62. The molecule has 150 valence electrons. The number of nitrogens with one attached hydrogen (secondary N) is 1. The summed E-state index contributed by atoms with van der Waals surface area (Å²) in [6.45, 7) is -1.43. The summed E-state index contributed by atoms with van der Waals surface area (Å²) in [5.41, 5.74) is 1.66. The maximum absolute atomic E-state index is 12.5. The molecule has 0 radical (unpaired) electrons. The number of pyridine rings is 1. The van der Waals surface area contributed by atoms with Crippen LogP contribution in [0.25, 0.3) is 0 Å². The van der Waals surface area contributed by atoms with Crippen LogP contribution in [-0.2, 0) is 5.75 Å². The molecule has 8 heteroatoms. The number of ether oxygens (including phenoxy) is 1. The molecule has 2 aromatic carbocycles. The Kier molecular flexibility index (Phi) is 6.77. The Balaban J connectivity index is 1.61. The normalized spacial score (nSPS) is 11.1. The Morgan fingerprint density at radius 1 is 1.03 bits per heavy atom. The molecule has 1 heterocycles. The number of benzene rings is 2. The Morgan fingerprint density at radius 2 is 1.79 bits per heavy atom. The molecule has 0 unspecified atom stereocenters. The average Bonchev–Trinajstić information content (AvgIpc) is 2.72. The van der Waals surface area contributed by atoms with Crippen LogP contribution in [0.2, 0.25) is 0 Å². The van der Waals surface area contributed by atoms with Crippen LogP contribution in [0.3, 0.4) is 0 Å². The topological polar surface area (TPSA) is 51.2 Å². The summed E-state index contributed by atoms with van der Waals surface area (Å²) >= 11 is 1.61. The van der Waals surface area contributed by atoms with Gasteiger partial charge in [0.2, 0.25) is 0 Å². The van der Waals surface area contributed by atoms with Gasteiger partial charge < -0.3 is 10.1 Å². The van der Waals surface area contributed by atoms with Crippen LogP contribution in [0.1, 0.15) is 15.9 Å². The van der Waals surface area contributed by atoms with Crippen molar-refractivity contribution in [2.45, 2.75) is 16.8 Å². The van der Waals surface area contributed by atoms with Crippen molar-refractivity contribution in [1.29, 1.82) is 0 Å². The second-order valence-corrected chi connectivity index (χ2v) is 7.08. The first kappa shape index (κ1) is 20.7. The molecule has 1 N–H and O–H groups in total. The SMILES string of the molecule is O=C(Nc1ccccc1OCC(F)(F)F)c1ccc(SCc2cccnc2)cc1. The lowest BCUT2D eigenvalue weighted by molar-refractivity contribution is -0.153. The third-order valence-electron chi connectivity index (χ3n) is 3.77. The molecule has 0 fully saturated rings. The minimum Gasteiger partial charge on any atom is -0.482 e. The van der Waals surface area contributed by atoms with Crippen LogP contribution in [0, 0.1) is 0 Å². The van der Waals surface area contributed by atoms with E-state index in [1.165, 1.54) is 18.2 Å². The number of carbonyl (C=O) groups excluding carboxylic acids is 1. The van der Waals surface area contributed by atoms with E-state index in [2.05, 4.69) is 10.3 Å². The van der Waals surface area contributed by atoms with Gasteiger partial charge in [-0.25, -0.2) is 0 Å². The standard InChI is InChI=1S/C21H17F3N2O2S/c22-21(23,24)14-28-19-6-2-1-5-18(19)26-20(27)16-7-9-17(10-8-16)29-13-15-4-3-11-25-12-15/h1-12H,13-14H2,(H,26,27). The van der Waals surface area contributed by atoms with E-state index in [-0.39, 0.29) is 11.4 Å². The number of hydrogen-bond donors (Lipinski definition) is 1. The van der Waals surface area contributed by atoms with Gasteiger partial charge in [0.05, 0.1) is 5.69 Å². The van der Waals surface area contributed by atoms with E-state index in [0.717, 1.165) is 16.2 Å². The number of hydrogen-bond acceptors (Lipinski definition) is 4. The monoisotopic (exact) mass is 418 g/mol. The fourth-order valence-electron chi connectivity index (χ4n) is 2.40. The summed E-state index contributed by atoms with van der Waals surface area (Å²) in [6.07, 6.45) is -0.943. The van der Waals surface area contributed by atoms with Crippen LogP contribution in [0.4, 0.5) is 18.9 Å². The molecule has 0 atom stereocenters. The number of alkyl halides is 3. The molecule has 0 spiro atoms. The molecule has 3 aromatic rings. The van der Waals surface area contributed by atoms with Gasteiger partial charge in [-0.05, 0) is 48.0 Å². The van der Waals surface area contributed by atoms with Gasteiger partial charge in [0, 0.05) is 28.6 Å². The van der Waals surface area contributed by atoms with Gasteiger partial charge in [0.25, 0.3) is 5.91 Å². The predicted molar refractivity (Wildman–Crippen MR) is 106 cm³/mol. The zero-order valence-electron chi connectivity index (χ0n) is 15.1. The predicted octanol–water partition coefficient (Wildman–Crippen LogP) is 5.57. The second kappa shape index (κ2) is 9.47. The molecule has 0 aliphatic carbocycles. The van der Waals surface area contributed by atoms with Crippen molar-refractivity contribution in [3.8, 4) is 5.75 Å². The number of carbonyl (C=O) groups is 1. The van der Waals surface area contributed by atoms with Gasteiger partial charge in [0.15, 0.2) is 6.61 Å². The molecule has 0 saturated carbocycles. The Morgan fingerprint density at radius 3 is 2.48 bits per heavy atom. The van der Waals surface area contributed by atoms with Gasteiger partial charge in [-0.3, -0.25) is 9.78 Å². The van der Waals surface area contributed by atoms with Gasteiger partial charge in [0.1, 0.15) is 5.75 Å². The second-order valence-electron chi connectivity index (χ2n) is 6.03. The number of anilines is 1. The molecule has 0 aliphatic rings. The van der Waals surface area contributed by atoms with Crippen molar-refractivity contribution in [2.24, 2.45) is 0 Å². The molecule has 1 aromatic heterocycles. The maximum atomic E-state index is 12.5. The van der Waals surface area contributed by atoms with Gasteiger partial charge in [-0.2, -0.15) is 13.2 Å². The Hall–Kier alpha value is -3.00. The third kappa shape index (κ3) is 6.53. The minimum absolute atomic E-state index is 0.0400. The maximum Gasteiger partial charge on any atom is 0.422 e. The number of nitrogens with zero attached hydrogens (tertiary/aromatic N) is 1. The lowest BCUT2D eigenvalue weighted by Crippen LogP contribution is -2.20. The minimum atomic E-state index is -4.46. The summed E-state index contributed by atoms with van der Waals surface area (Å²) in [4.78, 5) is 17.5. The van der Waals surface area contributed by atoms with E-state index in [0.29, 0.717) is 5.56 Å². The summed E-state index contributed by atoms with van der Waals surface area (Å²) in [7, 11) is 0. The van der Waals surface area contributed by atoms with Crippen molar-refractivity contribution in [2.75, 3.05) is 11.9 Å². The smallest absolute Gasteiger partial charge is 0.422 e.